The van der Waals surface area contributed by atoms with Gasteiger partial charge in [-0.15, -0.1) is 0 Å². The van der Waals surface area contributed by atoms with Crippen molar-refractivity contribution in [1.82, 2.24) is 0 Å². The van der Waals surface area contributed by atoms with Crippen molar-refractivity contribution in [2.45, 2.75) is 38.5 Å². The first kappa shape index (κ1) is 8.10. The molecular formula is C12H18. The van der Waals surface area contributed by atoms with Crippen LogP contribution in [0.4, 0.5) is 0 Å². The second-order valence-electron chi connectivity index (χ2n) is 4.09. The van der Waals surface area contributed by atoms with Crippen LogP contribution in [-0.4, -0.2) is 0 Å². The largest absolute Gasteiger partial charge is 0.0885 e. The van der Waals surface area contributed by atoms with E-state index in [1.165, 1.54) is 38.5 Å². The Kier molecular flexibility index (Phi) is 2.65. The van der Waals surface area contributed by atoms with Crippen LogP contribution < -0.4 is 0 Å². The summed E-state index contributed by atoms with van der Waals surface area (Å²) in [6.45, 7) is 0. The lowest BCUT2D eigenvalue weighted by Crippen LogP contribution is -2.16. The van der Waals surface area contributed by atoms with E-state index in [2.05, 4.69) is 24.3 Å². The lowest BCUT2D eigenvalue weighted by Gasteiger charge is -2.28. The monoisotopic (exact) mass is 162 g/mol. The van der Waals surface area contributed by atoms with Gasteiger partial charge in [0, 0.05) is 0 Å². The van der Waals surface area contributed by atoms with Gasteiger partial charge >= 0.3 is 0 Å². The van der Waals surface area contributed by atoms with Crippen molar-refractivity contribution in [1.29, 1.82) is 0 Å². The van der Waals surface area contributed by atoms with E-state index >= 15 is 0 Å². The molecular weight excluding hydrogens is 144 g/mol. The van der Waals surface area contributed by atoms with Crippen LogP contribution in [0, 0.1) is 11.8 Å². The SMILES string of the molecule is C1=CC[C@@H]([C@H]2CC=CCC2)CC1. The molecule has 2 rings (SSSR count). The second kappa shape index (κ2) is 3.93. The van der Waals surface area contributed by atoms with Gasteiger partial charge in [0.2, 0.25) is 0 Å². The molecule has 0 saturated carbocycles. The summed E-state index contributed by atoms with van der Waals surface area (Å²) < 4.78 is 0. The van der Waals surface area contributed by atoms with Crippen molar-refractivity contribution < 1.29 is 0 Å². The highest BCUT2D eigenvalue weighted by molar-refractivity contribution is 4.97. The Labute approximate surface area is 75.4 Å². The first-order valence-corrected chi connectivity index (χ1v) is 5.27. The zero-order valence-electron chi connectivity index (χ0n) is 7.71. The van der Waals surface area contributed by atoms with Crippen LogP contribution in [0.1, 0.15) is 38.5 Å². The van der Waals surface area contributed by atoms with Crippen LogP contribution in [0.5, 0.6) is 0 Å². The lowest BCUT2D eigenvalue weighted by atomic mass is 9.77. The quantitative estimate of drug-likeness (QED) is 0.516. The van der Waals surface area contributed by atoms with Gasteiger partial charge < -0.3 is 0 Å². The molecule has 66 valence electrons. The van der Waals surface area contributed by atoms with E-state index in [0.29, 0.717) is 0 Å². The van der Waals surface area contributed by atoms with Crippen molar-refractivity contribution in [2.75, 3.05) is 0 Å². The maximum Gasteiger partial charge on any atom is -0.0319 e. The minimum Gasteiger partial charge on any atom is -0.0885 e. The highest BCUT2D eigenvalue weighted by atomic mass is 14.3. The molecule has 12 heavy (non-hydrogen) atoms. The van der Waals surface area contributed by atoms with E-state index in [4.69, 9.17) is 0 Å². The Morgan fingerprint density at radius 1 is 0.667 bits per heavy atom. The molecule has 2 aliphatic rings. The molecule has 0 aromatic rings. The third-order valence-electron chi connectivity index (χ3n) is 3.29. The van der Waals surface area contributed by atoms with Crippen LogP contribution in [0.25, 0.3) is 0 Å². The molecule has 0 fully saturated rings. The fourth-order valence-electron chi connectivity index (χ4n) is 2.49. The van der Waals surface area contributed by atoms with Gasteiger partial charge in [-0.3, -0.25) is 0 Å². The normalized spacial score (nSPS) is 35.3. The van der Waals surface area contributed by atoms with Gasteiger partial charge in [-0.05, 0) is 50.4 Å². The van der Waals surface area contributed by atoms with Crippen molar-refractivity contribution in [3.05, 3.63) is 24.3 Å². The molecule has 0 spiro atoms. The molecule has 0 amide bonds. The third-order valence-corrected chi connectivity index (χ3v) is 3.29. The van der Waals surface area contributed by atoms with E-state index in [1.807, 2.05) is 0 Å². The summed E-state index contributed by atoms with van der Waals surface area (Å²) in [5, 5.41) is 0. The Balaban J connectivity index is 1.90. The molecule has 0 unspecified atom stereocenters. The molecule has 0 bridgehead atoms. The van der Waals surface area contributed by atoms with E-state index in [0.717, 1.165) is 11.8 Å². The maximum absolute atomic E-state index is 2.38. The van der Waals surface area contributed by atoms with Gasteiger partial charge in [0.1, 0.15) is 0 Å². The van der Waals surface area contributed by atoms with Crippen molar-refractivity contribution in [2.24, 2.45) is 11.8 Å². The van der Waals surface area contributed by atoms with Crippen LogP contribution in [0.2, 0.25) is 0 Å². The van der Waals surface area contributed by atoms with Crippen molar-refractivity contribution in [3.63, 3.8) is 0 Å². The second-order valence-corrected chi connectivity index (χ2v) is 4.09. The minimum atomic E-state index is 1.000. The standard InChI is InChI=1S/C12H18/c1-3-7-11(8-4-1)12-9-5-2-6-10-12/h1-3,5,11-12H,4,6-10H2/t11-,12+. The van der Waals surface area contributed by atoms with Crippen molar-refractivity contribution in [3.8, 4) is 0 Å². The third kappa shape index (κ3) is 1.80. The van der Waals surface area contributed by atoms with Gasteiger partial charge in [0.15, 0.2) is 0 Å². The van der Waals surface area contributed by atoms with Gasteiger partial charge in [0.05, 0.1) is 0 Å². The highest BCUT2D eigenvalue weighted by Gasteiger charge is 2.21. The molecule has 2 atom stereocenters. The fourth-order valence-corrected chi connectivity index (χ4v) is 2.49. The van der Waals surface area contributed by atoms with Crippen LogP contribution in [-0.2, 0) is 0 Å². The average Bonchev–Trinajstić information content (AvgIpc) is 2.21. The summed E-state index contributed by atoms with van der Waals surface area (Å²) in [5.74, 6) is 2.00. The van der Waals surface area contributed by atoms with Gasteiger partial charge in [-0.2, -0.15) is 0 Å². The van der Waals surface area contributed by atoms with Gasteiger partial charge in [-0.25, -0.2) is 0 Å². The summed E-state index contributed by atoms with van der Waals surface area (Å²) in [7, 11) is 0. The number of hydrogen-bond acceptors (Lipinski definition) is 0. The van der Waals surface area contributed by atoms with Gasteiger partial charge in [0.25, 0.3) is 0 Å². The number of rotatable bonds is 1. The lowest BCUT2D eigenvalue weighted by molar-refractivity contribution is 0.288. The van der Waals surface area contributed by atoms with Crippen LogP contribution in [0.15, 0.2) is 24.3 Å². The first-order chi connectivity index (χ1) is 5.97. The summed E-state index contributed by atoms with van der Waals surface area (Å²) in [6, 6.07) is 0. The Morgan fingerprint density at radius 3 is 1.50 bits per heavy atom. The zero-order chi connectivity index (χ0) is 8.23. The molecule has 0 saturated heterocycles. The molecule has 0 nitrogen and oxygen atoms in total. The molecule has 2 aliphatic carbocycles. The molecule has 0 aromatic carbocycles. The number of allylic oxidation sites excluding steroid dienone is 4. The summed E-state index contributed by atoms with van der Waals surface area (Å²) >= 11 is 0. The smallest absolute Gasteiger partial charge is 0.0319 e. The first-order valence-electron chi connectivity index (χ1n) is 5.27. The molecule has 0 N–H and O–H groups in total. The average molecular weight is 162 g/mol. The summed E-state index contributed by atoms with van der Waals surface area (Å²) in [6.07, 6.45) is 17.7. The van der Waals surface area contributed by atoms with E-state index in [-0.39, 0.29) is 0 Å². The zero-order valence-corrected chi connectivity index (χ0v) is 7.71. The van der Waals surface area contributed by atoms with Crippen LogP contribution in [0.3, 0.4) is 0 Å². The Morgan fingerprint density at radius 2 is 1.17 bits per heavy atom. The Hall–Kier alpha value is -0.520. The van der Waals surface area contributed by atoms with E-state index < -0.39 is 0 Å². The fraction of sp³-hybridized carbons (Fsp3) is 0.667. The van der Waals surface area contributed by atoms with Crippen LogP contribution >= 0.6 is 0 Å². The summed E-state index contributed by atoms with van der Waals surface area (Å²) in [5.41, 5.74) is 0. The molecule has 0 aromatic heterocycles. The minimum absolute atomic E-state index is 1.000. The predicted octanol–water partition coefficient (Wildman–Crippen LogP) is 3.70. The molecule has 0 radical (unpaired) electrons. The Bertz CT molecular complexity index is 166. The molecule has 0 heterocycles. The van der Waals surface area contributed by atoms with Crippen molar-refractivity contribution >= 4 is 0 Å². The van der Waals surface area contributed by atoms with Gasteiger partial charge in [-0.1, -0.05) is 24.3 Å². The maximum atomic E-state index is 2.38. The predicted molar refractivity (Wildman–Crippen MR) is 53.0 cm³/mol. The molecule has 0 aliphatic heterocycles. The highest BCUT2D eigenvalue weighted by Crippen LogP contribution is 2.33. The van der Waals surface area contributed by atoms with E-state index in [9.17, 15) is 0 Å². The topological polar surface area (TPSA) is 0 Å². The number of hydrogen-bond donors (Lipinski definition) is 0. The summed E-state index contributed by atoms with van der Waals surface area (Å²) in [4.78, 5) is 0. The van der Waals surface area contributed by atoms with E-state index in [1.54, 1.807) is 0 Å². The molecule has 0 heteroatoms.